The largest absolute Gasteiger partial charge is 0.462 e. The molecule has 0 aliphatic carbocycles. The Balaban J connectivity index is 2.37. The predicted molar refractivity (Wildman–Crippen MR) is 73.5 cm³/mol. The van der Waals surface area contributed by atoms with E-state index in [0.29, 0.717) is 23.8 Å². The summed E-state index contributed by atoms with van der Waals surface area (Å²) >= 11 is 0. The monoisotopic (exact) mass is 275 g/mol. The maximum absolute atomic E-state index is 11.6. The molecule has 106 valence electrons. The Labute approximate surface area is 116 Å². The van der Waals surface area contributed by atoms with Crippen molar-refractivity contribution in [1.29, 1.82) is 0 Å². The Bertz CT molecular complexity index is 609. The smallest absolute Gasteiger partial charge is 0.341 e. The van der Waals surface area contributed by atoms with E-state index in [1.807, 2.05) is 6.92 Å². The highest BCUT2D eigenvalue weighted by Gasteiger charge is 2.14. The molecular weight excluding hydrogens is 258 g/mol. The Hall–Kier alpha value is -2.44. The molecule has 20 heavy (non-hydrogen) atoms. The maximum Gasteiger partial charge on any atom is 0.341 e. The highest BCUT2D eigenvalue weighted by atomic mass is 16.5. The molecule has 0 aliphatic heterocycles. The molecule has 0 aliphatic rings. The molecule has 0 saturated carbocycles. The third-order valence-corrected chi connectivity index (χ3v) is 2.77. The number of esters is 1. The first kappa shape index (κ1) is 14.0. The van der Waals surface area contributed by atoms with Gasteiger partial charge in [0.25, 0.3) is 0 Å². The van der Waals surface area contributed by atoms with E-state index in [4.69, 9.17) is 10.5 Å². The Morgan fingerprint density at radius 1 is 1.40 bits per heavy atom. The number of carbonyl (C=O) groups excluding carboxylic acids is 1. The first-order chi connectivity index (χ1) is 9.67. The summed E-state index contributed by atoms with van der Waals surface area (Å²) in [6, 6.07) is 0. The quantitative estimate of drug-likeness (QED) is 0.828. The number of aromatic nitrogens is 4. The Morgan fingerprint density at radius 3 is 2.90 bits per heavy atom. The van der Waals surface area contributed by atoms with Crippen LogP contribution >= 0.6 is 0 Å². The fraction of sp³-hybridized carbons (Fsp3) is 0.385. The summed E-state index contributed by atoms with van der Waals surface area (Å²) in [5, 5.41) is 4.14. The molecule has 0 atom stereocenters. The van der Waals surface area contributed by atoms with Crippen LogP contribution in [0.2, 0.25) is 0 Å². The van der Waals surface area contributed by atoms with E-state index in [0.717, 1.165) is 18.4 Å². The van der Waals surface area contributed by atoms with E-state index in [9.17, 15) is 4.79 Å². The van der Waals surface area contributed by atoms with Crippen molar-refractivity contribution in [3.63, 3.8) is 0 Å². The lowest BCUT2D eigenvalue weighted by Crippen LogP contribution is -2.08. The molecule has 0 aromatic carbocycles. The lowest BCUT2D eigenvalue weighted by molar-refractivity contribution is 0.0526. The van der Waals surface area contributed by atoms with Crippen LogP contribution in [0.15, 0.2) is 18.7 Å². The summed E-state index contributed by atoms with van der Waals surface area (Å²) in [6.45, 7) is 4.13. The summed E-state index contributed by atoms with van der Waals surface area (Å²) in [5.41, 5.74) is 7.08. The summed E-state index contributed by atoms with van der Waals surface area (Å²) in [6.07, 6.45) is 6.08. The summed E-state index contributed by atoms with van der Waals surface area (Å²) in [5.74, 6) is 0.623. The zero-order valence-electron chi connectivity index (χ0n) is 11.5. The van der Waals surface area contributed by atoms with E-state index < -0.39 is 5.97 Å². The van der Waals surface area contributed by atoms with Gasteiger partial charge in [0.1, 0.15) is 12.1 Å². The molecule has 0 radical (unpaired) electrons. The van der Waals surface area contributed by atoms with Gasteiger partial charge < -0.3 is 10.5 Å². The first-order valence-corrected chi connectivity index (χ1v) is 6.48. The zero-order valence-corrected chi connectivity index (χ0v) is 11.5. The minimum Gasteiger partial charge on any atom is -0.462 e. The standard InChI is InChI=1S/C13H17N5O2/c1-3-5-10-11(14)15-8-16-12(10)18-7-9(6-17-18)13(19)20-4-2/h6-8H,3-5H2,1-2H3,(H2,14,15,16). The van der Waals surface area contributed by atoms with Crippen LogP contribution in [0.1, 0.15) is 36.2 Å². The van der Waals surface area contributed by atoms with Gasteiger partial charge in [-0.05, 0) is 13.3 Å². The lowest BCUT2D eigenvalue weighted by atomic mass is 10.1. The number of carbonyl (C=O) groups is 1. The van der Waals surface area contributed by atoms with Crippen LogP contribution in [-0.2, 0) is 11.2 Å². The summed E-state index contributed by atoms with van der Waals surface area (Å²) < 4.78 is 6.45. The molecule has 7 heteroatoms. The average Bonchev–Trinajstić information content (AvgIpc) is 2.91. The van der Waals surface area contributed by atoms with Gasteiger partial charge in [-0.2, -0.15) is 5.10 Å². The zero-order chi connectivity index (χ0) is 14.5. The number of hydrogen-bond donors (Lipinski definition) is 1. The second kappa shape index (κ2) is 6.14. The number of nitrogens with two attached hydrogens (primary N) is 1. The fourth-order valence-corrected chi connectivity index (χ4v) is 1.86. The second-order valence-electron chi connectivity index (χ2n) is 4.21. The van der Waals surface area contributed by atoms with Crippen molar-refractivity contribution in [2.45, 2.75) is 26.7 Å². The molecular formula is C13H17N5O2. The fourth-order valence-electron chi connectivity index (χ4n) is 1.86. The topological polar surface area (TPSA) is 95.9 Å². The van der Waals surface area contributed by atoms with Crippen molar-refractivity contribution in [1.82, 2.24) is 19.7 Å². The number of ether oxygens (including phenoxy) is 1. The number of rotatable bonds is 5. The number of anilines is 1. The van der Waals surface area contributed by atoms with Gasteiger partial charge >= 0.3 is 5.97 Å². The number of nitrogen functional groups attached to an aromatic ring is 1. The van der Waals surface area contributed by atoms with Crippen LogP contribution < -0.4 is 5.73 Å². The minimum atomic E-state index is -0.405. The highest BCUT2D eigenvalue weighted by Crippen LogP contribution is 2.18. The van der Waals surface area contributed by atoms with Crippen LogP contribution in [0.25, 0.3) is 5.82 Å². The van der Waals surface area contributed by atoms with Gasteiger partial charge in [0.2, 0.25) is 0 Å². The van der Waals surface area contributed by atoms with Gasteiger partial charge in [0, 0.05) is 11.8 Å². The normalized spacial score (nSPS) is 10.5. The van der Waals surface area contributed by atoms with Gasteiger partial charge in [-0.3, -0.25) is 0 Å². The van der Waals surface area contributed by atoms with Gasteiger partial charge in [-0.25, -0.2) is 19.4 Å². The molecule has 0 bridgehead atoms. The second-order valence-corrected chi connectivity index (χ2v) is 4.21. The van der Waals surface area contributed by atoms with Crippen molar-refractivity contribution in [2.24, 2.45) is 0 Å². The SMILES string of the molecule is CCCc1c(N)ncnc1-n1cc(C(=O)OCC)cn1. The van der Waals surface area contributed by atoms with Crippen LogP contribution in [-0.4, -0.2) is 32.3 Å². The summed E-state index contributed by atoms with van der Waals surface area (Å²) in [4.78, 5) is 19.8. The van der Waals surface area contributed by atoms with Crippen LogP contribution in [0.5, 0.6) is 0 Å². The van der Waals surface area contributed by atoms with Crippen LogP contribution in [0.4, 0.5) is 5.82 Å². The predicted octanol–water partition coefficient (Wildman–Crippen LogP) is 1.37. The molecule has 2 heterocycles. The molecule has 2 N–H and O–H groups in total. The molecule has 0 saturated heterocycles. The summed E-state index contributed by atoms with van der Waals surface area (Å²) in [7, 11) is 0. The molecule has 0 unspecified atom stereocenters. The van der Waals surface area contributed by atoms with Crippen molar-refractivity contribution in [2.75, 3.05) is 12.3 Å². The molecule has 7 nitrogen and oxygen atoms in total. The number of nitrogens with zero attached hydrogens (tertiary/aromatic N) is 4. The van der Waals surface area contributed by atoms with Crippen molar-refractivity contribution < 1.29 is 9.53 Å². The van der Waals surface area contributed by atoms with Gasteiger partial charge in [-0.1, -0.05) is 13.3 Å². The van der Waals surface area contributed by atoms with Gasteiger partial charge in [-0.15, -0.1) is 0 Å². The van der Waals surface area contributed by atoms with Crippen LogP contribution in [0.3, 0.4) is 0 Å². The van der Waals surface area contributed by atoms with E-state index in [1.165, 1.54) is 17.2 Å². The minimum absolute atomic E-state index is 0.325. The molecule has 0 fully saturated rings. The lowest BCUT2D eigenvalue weighted by Gasteiger charge is -2.09. The Morgan fingerprint density at radius 2 is 2.20 bits per heavy atom. The van der Waals surface area contributed by atoms with E-state index >= 15 is 0 Å². The molecule has 2 aromatic heterocycles. The first-order valence-electron chi connectivity index (χ1n) is 6.48. The molecule has 2 aromatic rings. The third kappa shape index (κ3) is 2.76. The van der Waals surface area contributed by atoms with Crippen molar-refractivity contribution in [3.05, 3.63) is 29.8 Å². The van der Waals surface area contributed by atoms with Crippen molar-refractivity contribution >= 4 is 11.8 Å². The number of hydrogen-bond acceptors (Lipinski definition) is 6. The van der Waals surface area contributed by atoms with E-state index in [-0.39, 0.29) is 0 Å². The van der Waals surface area contributed by atoms with Gasteiger partial charge in [0.15, 0.2) is 5.82 Å². The molecule has 0 amide bonds. The molecule has 2 rings (SSSR count). The van der Waals surface area contributed by atoms with Crippen LogP contribution in [0, 0.1) is 0 Å². The molecule has 0 spiro atoms. The maximum atomic E-state index is 11.6. The third-order valence-electron chi connectivity index (χ3n) is 2.77. The highest BCUT2D eigenvalue weighted by molar-refractivity contribution is 5.88. The van der Waals surface area contributed by atoms with E-state index in [2.05, 4.69) is 15.1 Å². The average molecular weight is 275 g/mol. The Kier molecular flexibility index (Phi) is 4.29. The van der Waals surface area contributed by atoms with Crippen molar-refractivity contribution in [3.8, 4) is 5.82 Å². The van der Waals surface area contributed by atoms with Gasteiger partial charge in [0.05, 0.1) is 18.4 Å². The van der Waals surface area contributed by atoms with E-state index in [1.54, 1.807) is 13.1 Å².